The summed E-state index contributed by atoms with van der Waals surface area (Å²) in [6.45, 7) is 2.16. The van der Waals surface area contributed by atoms with Gasteiger partial charge in [0, 0.05) is 10.2 Å². The molecule has 1 aromatic carbocycles. The zero-order valence-corrected chi connectivity index (χ0v) is 12.5. The fourth-order valence-electron chi connectivity index (χ4n) is 1.47. The molecule has 0 nitrogen and oxygen atoms in total. The third-order valence-corrected chi connectivity index (χ3v) is 4.13. The minimum Gasteiger partial charge on any atom is -0.166 e. The molecule has 0 bridgehead atoms. The maximum atomic E-state index is 12.5. The highest BCUT2D eigenvalue weighted by Crippen LogP contribution is 2.32. The first-order valence-electron chi connectivity index (χ1n) is 5.79. The van der Waals surface area contributed by atoms with Crippen molar-refractivity contribution in [2.24, 2.45) is 5.92 Å². The van der Waals surface area contributed by atoms with E-state index in [1.54, 1.807) is 6.07 Å². The average Bonchev–Trinajstić information content (AvgIpc) is 2.29. The third kappa shape index (κ3) is 5.65. The lowest BCUT2D eigenvalue weighted by atomic mass is 10.1. The minimum absolute atomic E-state index is 0.569. The molecular weight excluding hydrogens is 325 g/mol. The molecule has 0 radical (unpaired) electrons. The molecule has 0 aliphatic heterocycles. The molecular formula is C13H16BrF3S. The standard InChI is InChI=1S/C13H16BrF3S/c1-10(5-7-14)6-8-18-12-4-2-3-11(9-12)13(15,16)17/h2-4,9-10H,5-8H2,1H3. The molecule has 0 spiro atoms. The largest absolute Gasteiger partial charge is 0.416 e. The van der Waals surface area contributed by atoms with Crippen LogP contribution in [0.4, 0.5) is 13.2 Å². The Kier molecular flexibility index (Phi) is 6.57. The maximum absolute atomic E-state index is 12.5. The van der Waals surface area contributed by atoms with Gasteiger partial charge in [-0.2, -0.15) is 13.2 Å². The monoisotopic (exact) mass is 340 g/mol. The Bertz CT molecular complexity index is 365. The van der Waals surface area contributed by atoms with Crippen molar-refractivity contribution in [1.29, 1.82) is 0 Å². The summed E-state index contributed by atoms with van der Waals surface area (Å²) in [4.78, 5) is 0.691. The number of benzene rings is 1. The van der Waals surface area contributed by atoms with E-state index in [4.69, 9.17) is 0 Å². The molecule has 0 N–H and O–H groups in total. The van der Waals surface area contributed by atoms with Gasteiger partial charge in [-0.15, -0.1) is 11.8 Å². The van der Waals surface area contributed by atoms with Gasteiger partial charge in [0.1, 0.15) is 0 Å². The Labute approximate surface area is 118 Å². The summed E-state index contributed by atoms with van der Waals surface area (Å²) in [5.41, 5.74) is -0.569. The summed E-state index contributed by atoms with van der Waals surface area (Å²) >= 11 is 4.88. The lowest BCUT2D eigenvalue weighted by Gasteiger charge is -2.10. The summed E-state index contributed by atoms with van der Waals surface area (Å²) in [6, 6.07) is 5.53. The summed E-state index contributed by atoms with van der Waals surface area (Å²) in [5.74, 6) is 1.46. The molecule has 0 amide bonds. The first kappa shape index (κ1) is 15.9. The molecule has 0 aromatic heterocycles. The number of alkyl halides is 4. The highest BCUT2D eigenvalue weighted by Gasteiger charge is 2.30. The molecule has 1 unspecified atom stereocenters. The molecule has 0 fully saturated rings. The van der Waals surface area contributed by atoms with Gasteiger partial charge in [0.2, 0.25) is 0 Å². The number of halogens is 4. The highest BCUT2D eigenvalue weighted by atomic mass is 79.9. The van der Waals surface area contributed by atoms with Crippen LogP contribution >= 0.6 is 27.7 Å². The summed E-state index contributed by atoms with van der Waals surface area (Å²) in [6.07, 6.45) is -2.13. The van der Waals surface area contributed by atoms with Crippen LogP contribution < -0.4 is 0 Å². The Morgan fingerprint density at radius 3 is 2.61 bits per heavy atom. The van der Waals surface area contributed by atoms with Crippen LogP contribution in [-0.2, 0) is 6.18 Å². The van der Waals surface area contributed by atoms with Gasteiger partial charge in [0.25, 0.3) is 0 Å². The summed E-state index contributed by atoms with van der Waals surface area (Å²) < 4.78 is 37.5. The Balaban J connectivity index is 2.48. The fraction of sp³-hybridized carbons (Fsp3) is 0.538. The van der Waals surface area contributed by atoms with Crippen molar-refractivity contribution >= 4 is 27.7 Å². The molecule has 0 saturated carbocycles. The summed E-state index contributed by atoms with van der Waals surface area (Å²) in [5, 5.41) is 0.975. The zero-order valence-electron chi connectivity index (χ0n) is 10.1. The van der Waals surface area contributed by atoms with Gasteiger partial charge in [0.05, 0.1) is 5.56 Å². The fourth-order valence-corrected chi connectivity index (χ4v) is 3.39. The normalized spacial score (nSPS) is 13.6. The van der Waals surface area contributed by atoms with Crippen molar-refractivity contribution in [3.05, 3.63) is 29.8 Å². The lowest BCUT2D eigenvalue weighted by Crippen LogP contribution is -2.04. The Hall–Kier alpha value is -0.160. The van der Waals surface area contributed by atoms with Crippen molar-refractivity contribution < 1.29 is 13.2 Å². The molecule has 0 aliphatic carbocycles. The van der Waals surface area contributed by atoms with Gasteiger partial charge in [0.15, 0.2) is 0 Å². The van der Waals surface area contributed by atoms with E-state index in [0.717, 1.165) is 30.0 Å². The second-order valence-electron chi connectivity index (χ2n) is 4.25. The molecule has 1 rings (SSSR count). The topological polar surface area (TPSA) is 0 Å². The van der Waals surface area contributed by atoms with Crippen LogP contribution in [0.25, 0.3) is 0 Å². The van der Waals surface area contributed by atoms with Crippen LogP contribution in [0.2, 0.25) is 0 Å². The maximum Gasteiger partial charge on any atom is 0.416 e. The average molecular weight is 341 g/mol. The number of hydrogen-bond acceptors (Lipinski definition) is 1. The third-order valence-electron chi connectivity index (χ3n) is 2.64. The van der Waals surface area contributed by atoms with E-state index in [1.165, 1.54) is 23.9 Å². The van der Waals surface area contributed by atoms with Crippen LogP contribution in [0.1, 0.15) is 25.3 Å². The first-order chi connectivity index (χ1) is 8.43. The molecule has 102 valence electrons. The van der Waals surface area contributed by atoms with E-state index in [0.29, 0.717) is 10.8 Å². The number of thioether (sulfide) groups is 1. The zero-order chi connectivity index (χ0) is 13.6. The van der Waals surface area contributed by atoms with Crippen molar-refractivity contribution in [3.63, 3.8) is 0 Å². The molecule has 0 saturated heterocycles. The van der Waals surface area contributed by atoms with E-state index < -0.39 is 11.7 Å². The first-order valence-corrected chi connectivity index (χ1v) is 7.90. The van der Waals surface area contributed by atoms with Gasteiger partial charge < -0.3 is 0 Å². The van der Waals surface area contributed by atoms with Crippen LogP contribution in [0.3, 0.4) is 0 Å². The second-order valence-corrected chi connectivity index (χ2v) is 6.21. The predicted octanol–water partition coefficient (Wildman–Crippen LogP) is 5.61. The van der Waals surface area contributed by atoms with Crippen LogP contribution in [0.5, 0.6) is 0 Å². The van der Waals surface area contributed by atoms with Gasteiger partial charge in [-0.25, -0.2) is 0 Å². The lowest BCUT2D eigenvalue weighted by molar-refractivity contribution is -0.137. The predicted molar refractivity (Wildman–Crippen MR) is 74.4 cm³/mol. The van der Waals surface area contributed by atoms with Crippen molar-refractivity contribution in [2.75, 3.05) is 11.1 Å². The van der Waals surface area contributed by atoms with Crippen molar-refractivity contribution in [3.8, 4) is 0 Å². The van der Waals surface area contributed by atoms with Crippen LogP contribution in [-0.4, -0.2) is 11.1 Å². The smallest absolute Gasteiger partial charge is 0.166 e. The number of rotatable bonds is 6. The molecule has 1 aromatic rings. The van der Waals surface area contributed by atoms with Gasteiger partial charge in [-0.1, -0.05) is 28.9 Å². The van der Waals surface area contributed by atoms with E-state index in [1.807, 2.05) is 0 Å². The van der Waals surface area contributed by atoms with E-state index >= 15 is 0 Å². The Morgan fingerprint density at radius 1 is 1.28 bits per heavy atom. The van der Waals surface area contributed by atoms with E-state index in [2.05, 4.69) is 22.9 Å². The quantitative estimate of drug-likeness (QED) is 0.479. The van der Waals surface area contributed by atoms with Crippen LogP contribution in [0.15, 0.2) is 29.2 Å². The van der Waals surface area contributed by atoms with Gasteiger partial charge in [-0.3, -0.25) is 0 Å². The molecule has 5 heteroatoms. The Morgan fingerprint density at radius 2 is 2.00 bits per heavy atom. The van der Waals surface area contributed by atoms with E-state index in [9.17, 15) is 13.2 Å². The number of hydrogen-bond donors (Lipinski definition) is 0. The molecule has 18 heavy (non-hydrogen) atoms. The van der Waals surface area contributed by atoms with E-state index in [-0.39, 0.29) is 0 Å². The molecule has 1 atom stereocenters. The molecule has 0 heterocycles. The van der Waals surface area contributed by atoms with Gasteiger partial charge >= 0.3 is 6.18 Å². The van der Waals surface area contributed by atoms with Crippen molar-refractivity contribution in [1.82, 2.24) is 0 Å². The van der Waals surface area contributed by atoms with Crippen molar-refractivity contribution in [2.45, 2.75) is 30.8 Å². The highest BCUT2D eigenvalue weighted by molar-refractivity contribution is 9.09. The molecule has 0 aliphatic rings. The van der Waals surface area contributed by atoms with Crippen LogP contribution in [0, 0.1) is 5.92 Å². The second kappa shape index (κ2) is 7.43. The van der Waals surface area contributed by atoms with Gasteiger partial charge in [-0.05, 0) is 42.7 Å². The minimum atomic E-state index is -4.25. The SMILES string of the molecule is CC(CCBr)CCSc1cccc(C(F)(F)F)c1. The summed E-state index contributed by atoms with van der Waals surface area (Å²) in [7, 11) is 0.